The van der Waals surface area contributed by atoms with Crippen LogP contribution in [0.15, 0.2) is 18.2 Å². The third-order valence-electron chi connectivity index (χ3n) is 2.54. The van der Waals surface area contributed by atoms with E-state index in [9.17, 15) is 13.6 Å². The van der Waals surface area contributed by atoms with Gasteiger partial charge in [0.15, 0.2) is 5.69 Å². The van der Waals surface area contributed by atoms with Crippen molar-refractivity contribution in [3.63, 3.8) is 0 Å². The van der Waals surface area contributed by atoms with Crippen molar-refractivity contribution in [2.24, 2.45) is 0 Å². The number of carbonyl (C=O) groups is 1. The van der Waals surface area contributed by atoms with Crippen molar-refractivity contribution in [3.8, 4) is 5.69 Å². The van der Waals surface area contributed by atoms with Gasteiger partial charge in [0.25, 0.3) is 0 Å². The number of rotatable bonds is 4. The molecule has 0 bridgehead atoms. The van der Waals surface area contributed by atoms with Crippen molar-refractivity contribution in [2.75, 3.05) is 0 Å². The number of carboxylic acids is 1. The van der Waals surface area contributed by atoms with Crippen LogP contribution in [-0.4, -0.2) is 26.1 Å². The van der Waals surface area contributed by atoms with Crippen LogP contribution in [0.25, 0.3) is 5.69 Å². The van der Waals surface area contributed by atoms with Crippen LogP contribution >= 0.6 is 0 Å². The Morgan fingerprint density at radius 1 is 1.32 bits per heavy atom. The van der Waals surface area contributed by atoms with Gasteiger partial charge in [-0.1, -0.05) is 18.6 Å². The summed E-state index contributed by atoms with van der Waals surface area (Å²) in [4.78, 5) is 11.0. The molecular formula is C12H11F2N3O2. The highest BCUT2D eigenvalue weighted by Gasteiger charge is 2.19. The van der Waals surface area contributed by atoms with Crippen LogP contribution in [0.4, 0.5) is 8.78 Å². The van der Waals surface area contributed by atoms with Gasteiger partial charge in [-0.25, -0.2) is 18.3 Å². The van der Waals surface area contributed by atoms with Gasteiger partial charge in [-0.2, -0.15) is 0 Å². The Kier molecular flexibility index (Phi) is 3.55. The summed E-state index contributed by atoms with van der Waals surface area (Å²) >= 11 is 0. The smallest absolute Gasteiger partial charge is 0.358 e. The molecule has 1 aromatic carbocycles. The summed E-state index contributed by atoms with van der Waals surface area (Å²) in [7, 11) is 0. The zero-order chi connectivity index (χ0) is 14.0. The number of nitrogens with zero attached hydrogens (tertiary/aromatic N) is 3. The van der Waals surface area contributed by atoms with E-state index in [1.807, 2.05) is 6.92 Å². The van der Waals surface area contributed by atoms with Gasteiger partial charge in [0.05, 0.1) is 11.4 Å². The molecule has 1 N–H and O–H groups in total. The largest absolute Gasteiger partial charge is 0.476 e. The number of hydrogen-bond donors (Lipinski definition) is 1. The fourth-order valence-corrected chi connectivity index (χ4v) is 1.80. The van der Waals surface area contributed by atoms with Crippen LogP contribution in [0.3, 0.4) is 0 Å². The van der Waals surface area contributed by atoms with Crippen LogP contribution in [0, 0.1) is 11.6 Å². The third-order valence-corrected chi connectivity index (χ3v) is 2.54. The molecule has 0 saturated heterocycles. The lowest BCUT2D eigenvalue weighted by molar-refractivity contribution is 0.0689. The normalized spacial score (nSPS) is 10.7. The second kappa shape index (κ2) is 5.13. The highest BCUT2D eigenvalue weighted by Crippen LogP contribution is 2.17. The van der Waals surface area contributed by atoms with Crippen LogP contribution in [0.5, 0.6) is 0 Å². The van der Waals surface area contributed by atoms with E-state index in [1.165, 1.54) is 0 Å². The van der Waals surface area contributed by atoms with Gasteiger partial charge in [0.2, 0.25) is 0 Å². The van der Waals surface area contributed by atoms with Crippen molar-refractivity contribution in [1.82, 2.24) is 15.0 Å². The molecule has 0 fully saturated rings. The average Bonchev–Trinajstić information content (AvgIpc) is 2.72. The predicted octanol–water partition coefficient (Wildman–Crippen LogP) is 2.20. The Hall–Kier alpha value is -2.31. The van der Waals surface area contributed by atoms with Gasteiger partial charge in [0, 0.05) is 6.07 Å². The summed E-state index contributed by atoms with van der Waals surface area (Å²) in [5, 5.41) is 16.2. The van der Waals surface area contributed by atoms with Crippen LogP contribution < -0.4 is 0 Å². The molecule has 100 valence electrons. The molecule has 0 aliphatic heterocycles. The van der Waals surface area contributed by atoms with Crippen LogP contribution in [0.2, 0.25) is 0 Å². The second-order valence-electron chi connectivity index (χ2n) is 3.98. The Morgan fingerprint density at radius 2 is 1.95 bits per heavy atom. The number of aromatic nitrogens is 3. The fourth-order valence-electron chi connectivity index (χ4n) is 1.80. The molecule has 0 radical (unpaired) electrons. The van der Waals surface area contributed by atoms with Crippen LogP contribution in [0.1, 0.15) is 29.5 Å². The van der Waals surface area contributed by atoms with E-state index in [-0.39, 0.29) is 11.4 Å². The van der Waals surface area contributed by atoms with Crippen molar-refractivity contribution < 1.29 is 18.7 Å². The zero-order valence-corrected chi connectivity index (χ0v) is 10.1. The highest BCUT2D eigenvalue weighted by molar-refractivity contribution is 5.86. The molecule has 0 atom stereocenters. The molecule has 0 spiro atoms. The summed E-state index contributed by atoms with van der Waals surface area (Å²) in [6.07, 6.45) is 1.05. The molecule has 19 heavy (non-hydrogen) atoms. The third kappa shape index (κ3) is 2.59. The number of carboxylic acid groups (broad SMARTS) is 1. The minimum absolute atomic E-state index is 0.112. The van der Waals surface area contributed by atoms with Crippen LogP contribution in [-0.2, 0) is 6.42 Å². The Bertz CT molecular complexity index is 605. The van der Waals surface area contributed by atoms with Crippen molar-refractivity contribution in [3.05, 3.63) is 41.2 Å². The van der Waals surface area contributed by atoms with E-state index >= 15 is 0 Å². The zero-order valence-electron chi connectivity index (χ0n) is 10.1. The van der Waals surface area contributed by atoms with Crippen molar-refractivity contribution >= 4 is 5.97 Å². The van der Waals surface area contributed by atoms with Gasteiger partial charge in [0.1, 0.15) is 11.6 Å². The summed E-state index contributed by atoms with van der Waals surface area (Å²) in [6.45, 7) is 1.86. The highest BCUT2D eigenvalue weighted by atomic mass is 19.1. The molecular weight excluding hydrogens is 256 g/mol. The molecule has 2 aromatic rings. The van der Waals surface area contributed by atoms with Crippen molar-refractivity contribution in [2.45, 2.75) is 19.8 Å². The second-order valence-corrected chi connectivity index (χ2v) is 3.98. The summed E-state index contributed by atoms with van der Waals surface area (Å²) in [5.74, 6) is -2.73. The lowest BCUT2D eigenvalue weighted by Crippen LogP contribution is -2.07. The van der Waals surface area contributed by atoms with E-state index in [1.54, 1.807) is 0 Å². The molecule has 0 saturated carbocycles. The first-order valence-electron chi connectivity index (χ1n) is 5.67. The molecule has 0 unspecified atom stereocenters. The summed E-state index contributed by atoms with van der Waals surface area (Å²) in [6, 6.07) is 2.88. The Labute approximate surface area is 107 Å². The molecule has 1 heterocycles. The van der Waals surface area contributed by atoms with Gasteiger partial charge >= 0.3 is 5.97 Å². The monoisotopic (exact) mass is 267 g/mol. The average molecular weight is 267 g/mol. The van der Waals surface area contributed by atoms with E-state index in [4.69, 9.17) is 5.11 Å². The Balaban J connectivity index is 2.58. The lowest BCUT2D eigenvalue weighted by atomic mass is 10.2. The number of benzene rings is 1. The first kappa shape index (κ1) is 13.1. The maximum Gasteiger partial charge on any atom is 0.358 e. The number of hydrogen-bond acceptors (Lipinski definition) is 3. The molecule has 0 aliphatic carbocycles. The predicted molar refractivity (Wildman–Crippen MR) is 62.2 cm³/mol. The van der Waals surface area contributed by atoms with Crippen molar-refractivity contribution in [1.29, 1.82) is 0 Å². The maximum absolute atomic E-state index is 13.2. The molecule has 0 amide bonds. The lowest BCUT2D eigenvalue weighted by Gasteiger charge is -2.06. The van der Waals surface area contributed by atoms with Gasteiger partial charge in [-0.3, -0.25) is 0 Å². The topological polar surface area (TPSA) is 68.0 Å². The Morgan fingerprint density at radius 3 is 2.47 bits per heavy atom. The molecule has 5 nitrogen and oxygen atoms in total. The van der Waals surface area contributed by atoms with E-state index < -0.39 is 17.6 Å². The molecule has 7 heteroatoms. The summed E-state index contributed by atoms with van der Waals surface area (Å²) < 4.78 is 27.5. The van der Waals surface area contributed by atoms with E-state index in [2.05, 4.69) is 10.3 Å². The minimum atomic E-state index is -1.22. The fraction of sp³-hybridized carbons (Fsp3) is 0.250. The first-order valence-corrected chi connectivity index (χ1v) is 5.67. The maximum atomic E-state index is 13.2. The summed E-state index contributed by atoms with van der Waals surface area (Å²) in [5.41, 5.74) is 0.229. The molecule has 1 aromatic heterocycles. The number of aromatic carboxylic acids is 1. The van der Waals surface area contributed by atoms with Gasteiger partial charge < -0.3 is 5.11 Å². The molecule has 0 aliphatic rings. The van der Waals surface area contributed by atoms with E-state index in [0.29, 0.717) is 18.5 Å². The molecule has 2 rings (SSSR count). The first-order chi connectivity index (χ1) is 9.02. The van der Waals surface area contributed by atoms with Gasteiger partial charge in [-0.15, -0.1) is 5.10 Å². The van der Waals surface area contributed by atoms with E-state index in [0.717, 1.165) is 22.9 Å². The SMILES string of the molecule is CCCc1c(C(=O)O)nnn1-c1cc(F)cc(F)c1. The standard InChI is InChI=1S/C12H11F2N3O2/c1-2-3-10-11(12(18)19)15-16-17(10)9-5-7(13)4-8(14)6-9/h4-6H,2-3H2,1H3,(H,18,19). The quantitative estimate of drug-likeness (QED) is 0.922. The minimum Gasteiger partial charge on any atom is -0.476 e. The van der Waals surface area contributed by atoms with Gasteiger partial charge in [-0.05, 0) is 18.6 Å². The number of halogens is 2.